The predicted octanol–water partition coefficient (Wildman–Crippen LogP) is 4.97. The summed E-state index contributed by atoms with van der Waals surface area (Å²) in [6.45, 7) is 1.05. The number of nitrogens with zero attached hydrogens (tertiary/aromatic N) is 2. The maximum Gasteiger partial charge on any atom is 0.306 e. The predicted molar refractivity (Wildman–Crippen MR) is 128 cm³/mol. The van der Waals surface area contributed by atoms with Crippen LogP contribution >= 0.6 is 0 Å². The lowest BCUT2D eigenvalue weighted by Gasteiger charge is -2.26. The van der Waals surface area contributed by atoms with Crippen molar-refractivity contribution in [3.63, 3.8) is 0 Å². The zero-order valence-corrected chi connectivity index (χ0v) is 18.8. The number of aliphatic carboxylic acids is 1. The molecule has 7 heteroatoms. The molecule has 0 spiro atoms. The van der Waals surface area contributed by atoms with E-state index in [9.17, 15) is 14.7 Å². The molecule has 5 rings (SSSR count). The number of nitrogens with one attached hydrogen (secondary N) is 1. The number of hydrogen-bond acceptors (Lipinski definition) is 4. The number of para-hydroxylation sites is 1. The first-order valence-corrected chi connectivity index (χ1v) is 11.7. The average Bonchev–Trinajstić information content (AvgIpc) is 3.51. The molecule has 174 valence electrons. The van der Waals surface area contributed by atoms with Gasteiger partial charge >= 0.3 is 5.97 Å². The third-order valence-corrected chi connectivity index (χ3v) is 6.69. The highest BCUT2D eigenvalue weighted by atomic mass is 16.4. The minimum absolute atomic E-state index is 0.115. The van der Waals surface area contributed by atoms with Crippen LogP contribution in [0.1, 0.15) is 41.7 Å². The Hall–Kier alpha value is -3.87. The van der Waals surface area contributed by atoms with Gasteiger partial charge in [-0.2, -0.15) is 0 Å². The van der Waals surface area contributed by atoms with Gasteiger partial charge in [-0.15, -0.1) is 0 Å². The maximum absolute atomic E-state index is 13.1. The summed E-state index contributed by atoms with van der Waals surface area (Å²) < 4.78 is 7.70. The molecule has 2 heterocycles. The summed E-state index contributed by atoms with van der Waals surface area (Å²) in [6.07, 6.45) is 6.63. The molecule has 0 atom stereocenters. The summed E-state index contributed by atoms with van der Waals surface area (Å²) in [5.41, 5.74) is 3.18. The second kappa shape index (κ2) is 9.55. The van der Waals surface area contributed by atoms with Crippen molar-refractivity contribution in [3.8, 4) is 11.5 Å². The zero-order chi connectivity index (χ0) is 23.5. The third-order valence-electron chi connectivity index (χ3n) is 6.69. The van der Waals surface area contributed by atoms with Gasteiger partial charge in [-0.25, -0.2) is 4.98 Å². The Balaban J connectivity index is 1.30. The van der Waals surface area contributed by atoms with Crippen LogP contribution in [0, 0.1) is 11.8 Å². The van der Waals surface area contributed by atoms with Crippen molar-refractivity contribution in [1.29, 1.82) is 0 Å². The number of amides is 1. The van der Waals surface area contributed by atoms with Crippen LogP contribution in [0.2, 0.25) is 0 Å². The molecular weight excluding hydrogens is 430 g/mol. The molecule has 1 aliphatic carbocycles. The van der Waals surface area contributed by atoms with Gasteiger partial charge in [-0.05, 0) is 55.9 Å². The Labute approximate surface area is 197 Å². The van der Waals surface area contributed by atoms with E-state index < -0.39 is 5.97 Å². The second-order valence-electron chi connectivity index (χ2n) is 8.96. The summed E-state index contributed by atoms with van der Waals surface area (Å²) in [5.74, 6) is -0.184. The molecule has 2 N–H and O–H groups in total. The normalized spacial score (nSPS) is 18.1. The fraction of sp³-hybridized carbons (Fsp3) is 0.296. The van der Waals surface area contributed by atoms with Crippen LogP contribution in [-0.2, 0) is 11.3 Å². The number of hydrogen-bond donors (Lipinski definition) is 2. The Morgan fingerprint density at radius 3 is 2.59 bits per heavy atom. The quantitative estimate of drug-likeness (QED) is 0.409. The molecule has 34 heavy (non-hydrogen) atoms. The average molecular weight is 458 g/mol. The lowest BCUT2D eigenvalue weighted by atomic mass is 9.82. The molecule has 2 aromatic carbocycles. The zero-order valence-electron chi connectivity index (χ0n) is 18.8. The Morgan fingerprint density at radius 1 is 1.03 bits per heavy atom. The van der Waals surface area contributed by atoms with Gasteiger partial charge in [0.25, 0.3) is 5.91 Å². The van der Waals surface area contributed by atoms with E-state index >= 15 is 0 Å². The van der Waals surface area contributed by atoms with Crippen LogP contribution in [0.25, 0.3) is 22.4 Å². The number of carboxylic acids is 1. The lowest BCUT2D eigenvalue weighted by molar-refractivity contribution is -0.143. The first kappa shape index (κ1) is 21.9. The molecule has 0 radical (unpaired) electrons. The van der Waals surface area contributed by atoms with Gasteiger partial charge in [-0.3, -0.25) is 9.59 Å². The van der Waals surface area contributed by atoms with Crippen molar-refractivity contribution >= 4 is 22.8 Å². The number of carbonyl (C=O) groups excluding carboxylic acids is 1. The number of carboxylic acid groups (broad SMARTS) is 1. The Bertz CT molecular complexity index is 1300. The number of aromatic nitrogens is 2. The number of carbonyl (C=O) groups is 2. The first-order valence-electron chi connectivity index (χ1n) is 11.7. The molecule has 1 amide bonds. The van der Waals surface area contributed by atoms with Crippen molar-refractivity contribution in [3.05, 3.63) is 78.3 Å². The molecular formula is C27H27N3O4. The minimum atomic E-state index is -0.710. The molecule has 0 saturated heterocycles. The highest BCUT2D eigenvalue weighted by Gasteiger charge is 2.26. The standard InChI is InChI=1S/C27H27N3O4/c31-25(28-15-18-9-11-21(12-10-18)27(32)33)23-8-4-7-19-13-14-30(24(19)23)16-22-17-34-26(29-22)20-5-2-1-3-6-20/h1-8,13-14,17-18,21H,9-12,15-16H2,(H,28,31)(H,32,33). The van der Waals surface area contributed by atoms with E-state index in [4.69, 9.17) is 4.42 Å². The van der Waals surface area contributed by atoms with Gasteiger partial charge in [0, 0.05) is 23.7 Å². The molecule has 1 aliphatic rings. The fourth-order valence-electron chi connectivity index (χ4n) is 4.79. The maximum atomic E-state index is 13.1. The topological polar surface area (TPSA) is 97.4 Å². The van der Waals surface area contributed by atoms with Gasteiger partial charge in [0.05, 0.1) is 29.2 Å². The van der Waals surface area contributed by atoms with Crippen LogP contribution in [0.3, 0.4) is 0 Å². The fourth-order valence-corrected chi connectivity index (χ4v) is 4.79. The van der Waals surface area contributed by atoms with E-state index in [2.05, 4.69) is 10.3 Å². The molecule has 1 fully saturated rings. The van der Waals surface area contributed by atoms with Crippen LogP contribution in [0.4, 0.5) is 0 Å². The molecule has 0 aliphatic heterocycles. The van der Waals surface area contributed by atoms with Crippen molar-refractivity contribution in [2.24, 2.45) is 11.8 Å². The van der Waals surface area contributed by atoms with Crippen molar-refractivity contribution in [2.45, 2.75) is 32.2 Å². The highest BCUT2D eigenvalue weighted by Crippen LogP contribution is 2.29. The minimum Gasteiger partial charge on any atom is -0.481 e. The molecule has 2 aromatic heterocycles. The monoisotopic (exact) mass is 457 g/mol. The summed E-state index contributed by atoms with van der Waals surface area (Å²) >= 11 is 0. The number of benzene rings is 2. The van der Waals surface area contributed by atoms with Crippen molar-refractivity contribution < 1.29 is 19.1 Å². The molecule has 0 bridgehead atoms. The van der Waals surface area contributed by atoms with Gasteiger partial charge < -0.3 is 19.4 Å². The molecule has 1 saturated carbocycles. The van der Waals surface area contributed by atoms with E-state index in [1.54, 1.807) is 6.26 Å². The Kier molecular flexibility index (Phi) is 6.16. The van der Waals surface area contributed by atoms with Crippen molar-refractivity contribution in [2.75, 3.05) is 6.54 Å². The molecule has 7 nitrogen and oxygen atoms in total. The highest BCUT2D eigenvalue weighted by molar-refractivity contribution is 6.06. The van der Waals surface area contributed by atoms with E-state index in [0.717, 1.165) is 35.0 Å². The smallest absolute Gasteiger partial charge is 0.306 e. The summed E-state index contributed by atoms with van der Waals surface area (Å²) in [4.78, 5) is 28.9. The lowest BCUT2D eigenvalue weighted by Crippen LogP contribution is -2.32. The van der Waals surface area contributed by atoms with E-state index in [1.165, 1.54) is 0 Å². The van der Waals surface area contributed by atoms with Gasteiger partial charge in [0.2, 0.25) is 5.89 Å². The van der Waals surface area contributed by atoms with E-state index in [0.29, 0.717) is 43.3 Å². The summed E-state index contributed by atoms with van der Waals surface area (Å²) in [6, 6.07) is 17.5. The van der Waals surface area contributed by atoms with Gasteiger partial charge in [-0.1, -0.05) is 30.3 Å². The largest absolute Gasteiger partial charge is 0.481 e. The molecule has 4 aromatic rings. The van der Waals surface area contributed by atoms with Gasteiger partial charge in [0.1, 0.15) is 6.26 Å². The van der Waals surface area contributed by atoms with Crippen molar-refractivity contribution in [1.82, 2.24) is 14.9 Å². The number of fused-ring (bicyclic) bond motifs is 1. The molecule has 0 unspecified atom stereocenters. The van der Waals surface area contributed by atoms with Crippen LogP contribution in [0.5, 0.6) is 0 Å². The SMILES string of the molecule is O=C(NCC1CCC(C(=O)O)CC1)c1cccc2ccn(Cc3coc(-c4ccccc4)n3)c12. The van der Waals surface area contributed by atoms with E-state index in [-0.39, 0.29) is 11.8 Å². The first-order chi connectivity index (χ1) is 16.6. The van der Waals surface area contributed by atoms with Gasteiger partial charge in [0.15, 0.2) is 0 Å². The third kappa shape index (κ3) is 4.59. The second-order valence-corrected chi connectivity index (χ2v) is 8.96. The van der Waals surface area contributed by atoms with Crippen LogP contribution in [-0.4, -0.2) is 33.1 Å². The number of rotatable bonds is 7. The number of oxazole rings is 1. The summed E-state index contributed by atoms with van der Waals surface area (Å²) in [7, 11) is 0. The van der Waals surface area contributed by atoms with Crippen LogP contribution < -0.4 is 5.32 Å². The van der Waals surface area contributed by atoms with Crippen LogP contribution in [0.15, 0.2) is 71.5 Å². The Morgan fingerprint density at radius 2 is 1.82 bits per heavy atom. The summed E-state index contributed by atoms with van der Waals surface area (Å²) in [5, 5.41) is 13.2. The van der Waals surface area contributed by atoms with E-state index in [1.807, 2.05) is 65.4 Å².